The van der Waals surface area contributed by atoms with Crippen molar-refractivity contribution in [3.63, 3.8) is 0 Å². The highest BCUT2D eigenvalue weighted by Crippen LogP contribution is 2.11. The van der Waals surface area contributed by atoms with Crippen LogP contribution in [0.2, 0.25) is 0 Å². The minimum atomic E-state index is -0.0584. The quantitative estimate of drug-likeness (QED) is 0.644. The van der Waals surface area contributed by atoms with E-state index in [2.05, 4.69) is 17.9 Å². The maximum atomic E-state index is 10.6. The van der Waals surface area contributed by atoms with Gasteiger partial charge in [0.15, 0.2) is 0 Å². The van der Waals surface area contributed by atoms with Crippen LogP contribution >= 0.6 is 12.6 Å². The summed E-state index contributed by atoms with van der Waals surface area (Å²) < 4.78 is 0. The Labute approximate surface area is 78.4 Å². The van der Waals surface area contributed by atoms with Gasteiger partial charge in [-0.3, -0.25) is 4.79 Å². The molecule has 1 amide bonds. The van der Waals surface area contributed by atoms with Gasteiger partial charge in [0.2, 0.25) is 5.91 Å². The Bertz CT molecular complexity index is 256. The largest absolute Gasteiger partial charge is 0.326 e. The number of benzene rings is 1. The average Bonchev–Trinajstić information content (AvgIpc) is 1.93. The van der Waals surface area contributed by atoms with E-state index in [1.54, 1.807) is 0 Å². The van der Waals surface area contributed by atoms with E-state index in [1.807, 2.05) is 24.3 Å². The maximum absolute atomic E-state index is 10.6. The zero-order chi connectivity index (χ0) is 8.27. The van der Waals surface area contributed by atoms with Crippen molar-refractivity contribution in [2.24, 2.45) is 0 Å². The molecule has 0 atom stereocenters. The first-order valence-electron chi connectivity index (χ1n) is 3.25. The normalized spacial score (nSPS) is 8.50. The molecule has 2 nitrogen and oxygen atoms in total. The molecule has 1 aromatic carbocycles. The fourth-order valence-corrected chi connectivity index (χ4v) is 0.897. The molecule has 66 valence electrons. The van der Waals surface area contributed by atoms with Crippen LogP contribution in [0.5, 0.6) is 0 Å². The van der Waals surface area contributed by atoms with E-state index in [0.717, 1.165) is 10.6 Å². The molecule has 0 radical (unpaired) electrons. The second-order valence-corrected chi connectivity index (χ2v) is 2.74. The molecule has 0 fully saturated rings. The number of hydrogen-bond donors (Lipinski definition) is 2. The van der Waals surface area contributed by atoms with Crippen LogP contribution in [-0.2, 0) is 4.79 Å². The van der Waals surface area contributed by atoms with Crippen LogP contribution in [0, 0.1) is 0 Å². The predicted molar refractivity (Wildman–Crippen MR) is 54.7 cm³/mol. The molecule has 0 aliphatic rings. The molecule has 0 saturated heterocycles. The van der Waals surface area contributed by atoms with E-state index in [1.165, 1.54) is 6.92 Å². The highest BCUT2D eigenvalue weighted by atomic mass is 32.1. The summed E-state index contributed by atoms with van der Waals surface area (Å²) in [5.41, 5.74) is 0.801. The third-order valence-electron chi connectivity index (χ3n) is 1.19. The van der Waals surface area contributed by atoms with Crippen LogP contribution < -0.4 is 5.32 Å². The van der Waals surface area contributed by atoms with Crippen LogP contribution in [0.25, 0.3) is 0 Å². The first-order valence-corrected chi connectivity index (χ1v) is 3.70. The molecular weight excluding hydrogens is 170 g/mol. The number of hydrogen-bond acceptors (Lipinski definition) is 2. The minimum absolute atomic E-state index is 0. The second kappa shape index (κ2) is 4.83. The fraction of sp³-hybridized carbons (Fsp3) is 0.222. The Kier molecular flexibility index (Phi) is 4.44. The molecule has 3 heteroatoms. The smallest absolute Gasteiger partial charge is 0.221 e. The average molecular weight is 183 g/mol. The first-order chi connectivity index (χ1) is 5.18. The van der Waals surface area contributed by atoms with Crippen molar-refractivity contribution in [2.45, 2.75) is 19.2 Å². The van der Waals surface area contributed by atoms with Gasteiger partial charge in [0, 0.05) is 17.5 Å². The third kappa shape index (κ3) is 3.44. The van der Waals surface area contributed by atoms with Gasteiger partial charge in [-0.15, -0.1) is 12.6 Å². The van der Waals surface area contributed by atoms with E-state index in [4.69, 9.17) is 0 Å². The van der Waals surface area contributed by atoms with E-state index in [-0.39, 0.29) is 13.3 Å². The maximum Gasteiger partial charge on any atom is 0.221 e. The molecule has 0 aliphatic heterocycles. The minimum Gasteiger partial charge on any atom is -0.326 e. The number of thiol groups is 1. The molecule has 0 aromatic heterocycles. The van der Waals surface area contributed by atoms with Gasteiger partial charge in [-0.25, -0.2) is 0 Å². The van der Waals surface area contributed by atoms with Crippen LogP contribution in [0.3, 0.4) is 0 Å². The van der Waals surface area contributed by atoms with Crippen LogP contribution in [0.1, 0.15) is 14.4 Å². The summed E-state index contributed by atoms with van der Waals surface area (Å²) in [6.07, 6.45) is 0. The van der Waals surface area contributed by atoms with Crippen LogP contribution in [-0.4, -0.2) is 5.91 Å². The molecule has 0 spiro atoms. The van der Waals surface area contributed by atoms with Crippen molar-refractivity contribution in [3.8, 4) is 0 Å². The lowest BCUT2D eigenvalue weighted by molar-refractivity contribution is -0.114. The lowest BCUT2D eigenvalue weighted by atomic mass is 10.3. The molecule has 1 aromatic rings. The van der Waals surface area contributed by atoms with Gasteiger partial charge < -0.3 is 5.32 Å². The van der Waals surface area contributed by atoms with Crippen molar-refractivity contribution in [2.75, 3.05) is 5.32 Å². The van der Waals surface area contributed by atoms with Gasteiger partial charge in [-0.05, 0) is 24.3 Å². The Morgan fingerprint density at radius 3 is 2.25 bits per heavy atom. The van der Waals surface area contributed by atoms with Gasteiger partial charge in [-0.2, -0.15) is 0 Å². The summed E-state index contributed by atoms with van der Waals surface area (Å²) in [4.78, 5) is 11.5. The Hall–Kier alpha value is -0.960. The van der Waals surface area contributed by atoms with Crippen molar-refractivity contribution in [3.05, 3.63) is 24.3 Å². The van der Waals surface area contributed by atoms with Crippen LogP contribution in [0.15, 0.2) is 29.2 Å². The van der Waals surface area contributed by atoms with E-state index >= 15 is 0 Å². The molecule has 0 aliphatic carbocycles. The summed E-state index contributed by atoms with van der Waals surface area (Å²) in [7, 11) is 0. The zero-order valence-corrected chi connectivity index (χ0v) is 7.06. The number of rotatable bonds is 1. The summed E-state index contributed by atoms with van der Waals surface area (Å²) >= 11 is 4.11. The predicted octanol–water partition coefficient (Wildman–Crippen LogP) is 2.57. The highest BCUT2D eigenvalue weighted by Gasteiger charge is 1.92. The third-order valence-corrected chi connectivity index (χ3v) is 1.49. The van der Waals surface area contributed by atoms with Gasteiger partial charge in [0.05, 0.1) is 0 Å². The van der Waals surface area contributed by atoms with Crippen molar-refractivity contribution in [1.29, 1.82) is 0 Å². The summed E-state index contributed by atoms with van der Waals surface area (Å²) in [5, 5.41) is 2.66. The molecule has 12 heavy (non-hydrogen) atoms. The standard InChI is InChI=1S/C8H9NOS.CH4/c1-6(10)9-7-2-4-8(11)5-3-7;/h2-5,11H,1H3,(H,9,10);1H4. The van der Waals surface area contributed by atoms with Gasteiger partial charge in [0.25, 0.3) is 0 Å². The number of carbonyl (C=O) groups is 1. The van der Waals surface area contributed by atoms with E-state index < -0.39 is 0 Å². The monoisotopic (exact) mass is 183 g/mol. The fourth-order valence-electron chi connectivity index (χ4n) is 0.748. The van der Waals surface area contributed by atoms with Crippen molar-refractivity contribution >= 4 is 24.2 Å². The molecule has 0 saturated carbocycles. The molecular formula is C9H13NOS. The second-order valence-electron chi connectivity index (χ2n) is 2.23. The molecule has 0 bridgehead atoms. The summed E-state index contributed by atoms with van der Waals surface area (Å²) in [6.45, 7) is 1.48. The lowest BCUT2D eigenvalue weighted by Gasteiger charge is -2.00. The van der Waals surface area contributed by atoms with Crippen molar-refractivity contribution in [1.82, 2.24) is 0 Å². The van der Waals surface area contributed by atoms with Gasteiger partial charge in [0.1, 0.15) is 0 Å². The SMILES string of the molecule is C.CC(=O)Nc1ccc(S)cc1. The number of anilines is 1. The van der Waals surface area contributed by atoms with Crippen LogP contribution in [0.4, 0.5) is 5.69 Å². The van der Waals surface area contributed by atoms with Gasteiger partial charge >= 0.3 is 0 Å². The van der Waals surface area contributed by atoms with Crippen molar-refractivity contribution < 1.29 is 4.79 Å². The first kappa shape index (κ1) is 11.0. The summed E-state index contributed by atoms with van der Waals surface area (Å²) in [6, 6.07) is 7.27. The molecule has 1 rings (SSSR count). The number of carbonyl (C=O) groups excluding carboxylic acids is 1. The molecule has 0 heterocycles. The number of nitrogens with one attached hydrogen (secondary N) is 1. The Balaban J connectivity index is 0.00000121. The van der Waals surface area contributed by atoms with E-state index in [0.29, 0.717) is 0 Å². The molecule has 0 unspecified atom stereocenters. The summed E-state index contributed by atoms with van der Waals surface area (Å²) in [5.74, 6) is -0.0584. The Morgan fingerprint density at radius 1 is 1.33 bits per heavy atom. The van der Waals surface area contributed by atoms with E-state index in [9.17, 15) is 4.79 Å². The van der Waals surface area contributed by atoms with Gasteiger partial charge in [-0.1, -0.05) is 7.43 Å². The highest BCUT2D eigenvalue weighted by molar-refractivity contribution is 7.80. The molecule has 1 N–H and O–H groups in total. The zero-order valence-electron chi connectivity index (χ0n) is 6.16. The number of amides is 1. The Morgan fingerprint density at radius 2 is 1.83 bits per heavy atom. The topological polar surface area (TPSA) is 29.1 Å². The lowest BCUT2D eigenvalue weighted by Crippen LogP contribution is -2.04.